The molecule has 0 aliphatic carbocycles. The number of likely N-dealkylation sites (N-methyl/N-ethyl adjacent to an activating group) is 1. The first-order valence-corrected chi connectivity index (χ1v) is 5.74. The molecule has 0 saturated carbocycles. The van der Waals surface area contributed by atoms with Gasteiger partial charge in [0.2, 0.25) is 0 Å². The molecule has 1 aliphatic heterocycles. The van der Waals surface area contributed by atoms with Crippen LogP contribution in [0.5, 0.6) is 0 Å². The van der Waals surface area contributed by atoms with Gasteiger partial charge in [0.25, 0.3) is 0 Å². The minimum absolute atomic E-state index is 0.960. The number of hydrazine groups is 1. The summed E-state index contributed by atoms with van der Waals surface area (Å²) in [4.78, 5) is 4.86. The molecule has 88 valence electrons. The van der Waals surface area contributed by atoms with Crippen LogP contribution in [0.2, 0.25) is 0 Å². The molecule has 4 heteroatoms. The van der Waals surface area contributed by atoms with Crippen LogP contribution < -0.4 is 11.3 Å². The minimum Gasteiger partial charge on any atom is -0.324 e. The first-order valence-electron chi connectivity index (χ1n) is 5.74. The SMILES string of the molecule is CN1CCN(Cc2ccc(NN)cc2)CC1. The van der Waals surface area contributed by atoms with Crippen molar-refractivity contribution < 1.29 is 0 Å². The van der Waals surface area contributed by atoms with E-state index in [0.29, 0.717) is 0 Å². The number of hydrogen-bond acceptors (Lipinski definition) is 4. The van der Waals surface area contributed by atoms with Crippen LogP contribution >= 0.6 is 0 Å². The molecule has 0 amide bonds. The van der Waals surface area contributed by atoms with E-state index >= 15 is 0 Å². The highest BCUT2D eigenvalue weighted by molar-refractivity contribution is 5.43. The second-order valence-electron chi connectivity index (χ2n) is 4.42. The number of rotatable bonds is 3. The molecular formula is C12H20N4. The molecule has 1 aromatic rings. The van der Waals surface area contributed by atoms with E-state index in [1.807, 2.05) is 12.1 Å². The highest BCUT2D eigenvalue weighted by atomic mass is 15.2. The molecule has 0 aromatic heterocycles. The Morgan fingerprint density at radius 1 is 1.12 bits per heavy atom. The zero-order valence-corrected chi connectivity index (χ0v) is 9.82. The molecular weight excluding hydrogens is 200 g/mol. The van der Waals surface area contributed by atoms with Gasteiger partial charge in [-0.1, -0.05) is 12.1 Å². The standard InChI is InChI=1S/C12H20N4/c1-15-6-8-16(9-7-15)10-11-2-4-12(14-13)5-3-11/h2-5,14H,6-10,13H2,1H3. The number of nitrogens with zero attached hydrogens (tertiary/aromatic N) is 2. The van der Waals surface area contributed by atoms with Gasteiger partial charge in [-0.15, -0.1) is 0 Å². The Balaban J connectivity index is 1.88. The maximum atomic E-state index is 5.33. The van der Waals surface area contributed by atoms with Gasteiger partial charge in [-0.05, 0) is 24.7 Å². The number of nitrogen functional groups attached to an aromatic ring is 1. The monoisotopic (exact) mass is 220 g/mol. The molecule has 0 spiro atoms. The van der Waals surface area contributed by atoms with E-state index in [1.165, 1.54) is 18.7 Å². The van der Waals surface area contributed by atoms with E-state index in [2.05, 4.69) is 34.4 Å². The second-order valence-corrected chi connectivity index (χ2v) is 4.42. The summed E-state index contributed by atoms with van der Waals surface area (Å²) in [6.07, 6.45) is 0. The molecule has 2 rings (SSSR count). The van der Waals surface area contributed by atoms with E-state index in [4.69, 9.17) is 5.84 Å². The third-order valence-electron chi connectivity index (χ3n) is 3.12. The van der Waals surface area contributed by atoms with Crippen molar-refractivity contribution in [2.24, 2.45) is 5.84 Å². The van der Waals surface area contributed by atoms with Gasteiger partial charge in [0.05, 0.1) is 0 Å². The Morgan fingerprint density at radius 3 is 2.31 bits per heavy atom. The Hall–Kier alpha value is -1.10. The molecule has 1 fully saturated rings. The summed E-state index contributed by atoms with van der Waals surface area (Å²) in [6, 6.07) is 8.30. The summed E-state index contributed by atoms with van der Waals surface area (Å²) in [6.45, 7) is 5.70. The summed E-state index contributed by atoms with van der Waals surface area (Å²) in [7, 11) is 2.18. The lowest BCUT2D eigenvalue weighted by atomic mass is 10.2. The van der Waals surface area contributed by atoms with Crippen molar-refractivity contribution in [3.8, 4) is 0 Å². The Labute approximate surface area is 97.0 Å². The maximum absolute atomic E-state index is 5.33. The molecule has 0 radical (unpaired) electrons. The minimum atomic E-state index is 0.960. The van der Waals surface area contributed by atoms with Crippen molar-refractivity contribution in [1.82, 2.24) is 9.80 Å². The van der Waals surface area contributed by atoms with Gasteiger partial charge in [0, 0.05) is 38.4 Å². The van der Waals surface area contributed by atoms with Crippen LogP contribution in [0.25, 0.3) is 0 Å². The molecule has 0 atom stereocenters. The van der Waals surface area contributed by atoms with Crippen molar-refractivity contribution in [3.63, 3.8) is 0 Å². The van der Waals surface area contributed by atoms with Crippen molar-refractivity contribution in [3.05, 3.63) is 29.8 Å². The number of anilines is 1. The van der Waals surface area contributed by atoms with Crippen molar-refractivity contribution in [2.45, 2.75) is 6.54 Å². The van der Waals surface area contributed by atoms with Crippen molar-refractivity contribution >= 4 is 5.69 Å². The van der Waals surface area contributed by atoms with Gasteiger partial charge in [-0.2, -0.15) is 0 Å². The highest BCUT2D eigenvalue weighted by Crippen LogP contribution is 2.11. The molecule has 1 aromatic carbocycles. The van der Waals surface area contributed by atoms with Crippen LogP contribution in [0.15, 0.2) is 24.3 Å². The van der Waals surface area contributed by atoms with Crippen LogP contribution in [-0.2, 0) is 6.54 Å². The Morgan fingerprint density at radius 2 is 1.75 bits per heavy atom. The Kier molecular flexibility index (Phi) is 3.77. The van der Waals surface area contributed by atoms with Crippen molar-refractivity contribution in [1.29, 1.82) is 0 Å². The van der Waals surface area contributed by atoms with Gasteiger partial charge in [-0.3, -0.25) is 10.7 Å². The maximum Gasteiger partial charge on any atom is 0.0485 e. The summed E-state index contributed by atoms with van der Waals surface area (Å²) in [5.41, 5.74) is 4.95. The highest BCUT2D eigenvalue weighted by Gasteiger charge is 2.13. The average Bonchev–Trinajstić information content (AvgIpc) is 2.33. The summed E-state index contributed by atoms with van der Waals surface area (Å²) in [5, 5.41) is 0. The van der Waals surface area contributed by atoms with Crippen LogP contribution in [0.1, 0.15) is 5.56 Å². The van der Waals surface area contributed by atoms with Gasteiger partial charge in [-0.25, -0.2) is 0 Å². The fourth-order valence-electron chi connectivity index (χ4n) is 1.97. The number of nitrogens with one attached hydrogen (secondary N) is 1. The summed E-state index contributed by atoms with van der Waals surface area (Å²) >= 11 is 0. The van der Waals surface area contributed by atoms with E-state index in [1.54, 1.807) is 0 Å². The number of nitrogens with two attached hydrogens (primary N) is 1. The number of hydrogen-bond donors (Lipinski definition) is 2. The van der Waals surface area contributed by atoms with Crippen LogP contribution in [-0.4, -0.2) is 43.0 Å². The largest absolute Gasteiger partial charge is 0.324 e. The molecule has 0 bridgehead atoms. The summed E-state index contributed by atoms with van der Waals surface area (Å²) in [5.74, 6) is 5.33. The molecule has 16 heavy (non-hydrogen) atoms. The van der Waals surface area contributed by atoms with Gasteiger partial charge >= 0.3 is 0 Å². The first-order chi connectivity index (χ1) is 7.78. The average molecular weight is 220 g/mol. The Bertz CT molecular complexity index is 314. The zero-order chi connectivity index (χ0) is 11.4. The number of piperazine rings is 1. The fraction of sp³-hybridized carbons (Fsp3) is 0.500. The predicted octanol–water partition coefficient (Wildman–Crippen LogP) is 0.720. The fourth-order valence-corrected chi connectivity index (χ4v) is 1.97. The van der Waals surface area contributed by atoms with Gasteiger partial charge in [0.15, 0.2) is 0 Å². The van der Waals surface area contributed by atoms with Gasteiger partial charge in [0.1, 0.15) is 0 Å². The third-order valence-corrected chi connectivity index (χ3v) is 3.12. The first kappa shape index (κ1) is 11.4. The van der Waals surface area contributed by atoms with E-state index < -0.39 is 0 Å². The van der Waals surface area contributed by atoms with Crippen molar-refractivity contribution in [2.75, 3.05) is 38.7 Å². The van der Waals surface area contributed by atoms with E-state index in [9.17, 15) is 0 Å². The summed E-state index contributed by atoms with van der Waals surface area (Å²) < 4.78 is 0. The van der Waals surface area contributed by atoms with Crippen LogP contribution in [0, 0.1) is 0 Å². The normalized spacial score (nSPS) is 18.6. The lowest BCUT2D eigenvalue weighted by molar-refractivity contribution is 0.148. The molecule has 1 aliphatic rings. The zero-order valence-electron chi connectivity index (χ0n) is 9.82. The quantitative estimate of drug-likeness (QED) is 0.582. The van der Waals surface area contributed by atoms with E-state index in [-0.39, 0.29) is 0 Å². The smallest absolute Gasteiger partial charge is 0.0485 e. The molecule has 1 heterocycles. The predicted molar refractivity (Wildman–Crippen MR) is 67.0 cm³/mol. The molecule has 0 unspecified atom stereocenters. The second kappa shape index (κ2) is 5.30. The molecule has 3 N–H and O–H groups in total. The van der Waals surface area contributed by atoms with Crippen LogP contribution in [0.3, 0.4) is 0 Å². The lowest BCUT2D eigenvalue weighted by Crippen LogP contribution is -2.43. The lowest BCUT2D eigenvalue weighted by Gasteiger charge is -2.32. The molecule has 1 saturated heterocycles. The van der Waals surface area contributed by atoms with Crippen LogP contribution in [0.4, 0.5) is 5.69 Å². The number of benzene rings is 1. The molecule has 4 nitrogen and oxygen atoms in total. The third kappa shape index (κ3) is 2.95. The van der Waals surface area contributed by atoms with Gasteiger partial charge < -0.3 is 10.3 Å². The van der Waals surface area contributed by atoms with E-state index in [0.717, 1.165) is 25.3 Å². The topological polar surface area (TPSA) is 44.5 Å².